The number of carbonyl (C=O) groups excluding carboxylic acids is 1. The Kier molecular flexibility index (Phi) is 5.73. The number of hydrogen-bond donors (Lipinski definition) is 2. The van der Waals surface area contributed by atoms with Crippen molar-refractivity contribution < 1.29 is 19.2 Å². The van der Waals surface area contributed by atoms with Gasteiger partial charge < -0.3 is 14.9 Å². The van der Waals surface area contributed by atoms with E-state index in [1.54, 1.807) is 0 Å². The highest BCUT2D eigenvalue weighted by Gasteiger charge is 2.22. The van der Waals surface area contributed by atoms with E-state index >= 15 is 0 Å². The SMILES string of the molecule is Cc1noc(C)c1C(C)CC(=O)NC(CC(=O)O)c1ccccc1. The summed E-state index contributed by atoms with van der Waals surface area (Å²) in [5.41, 5.74) is 2.48. The molecule has 6 heteroatoms. The van der Waals surface area contributed by atoms with Gasteiger partial charge in [-0.1, -0.05) is 42.4 Å². The van der Waals surface area contributed by atoms with Crippen molar-refractivity contribution in [1.29, 1.82) is 0 Å². The molecule has 2 rings (SSSR count). The second-order valence-corrected chi connectivity index (χ2v) is 5.97. The van der Waals surface area contributed by atoms with Crippen LogP contribution in [0.15, 0.2) is 34.9 Å². The number of nitrogens with zero attached hydrogens (tertiary/aromatic N) is 1. The number of aryl methyl sites for hydroxylation is 2. The second kappa shape index (κ2) is 7.77. The lowest BCUT2D eigenvalue weighted by molar-refractivity contribution is -0.137. The van der Waals surface area contributed by atoms with Crippen LogP contribution < -0.4 is 5.32 Å². The van der Waals surface area contributed by atoms with E-state index in [-0.39, 0.29) is 24.7 Å². The van der Waals surface area contributed by atoms with Crippen molar-refractivity contribution in [2.24, 2.45) is 0 Å². The third-order valence-electron chi connectivity index (χ3n) is 3.99. The predicted molar refractivity (Wildman–Crippen MR) is 88.6 cm³/mol. The fraction of sp³-hybridized carbons (Fsp3) is 0.389. The van der Waals surface area contributed by atoms with Crippen LogP contribution in [0, 0.1) is 13.8 Å². The van der Waals surface area contributed by atoms with Crippen molar-refractivity contribution in [1.82, 2.24) is 10.5 Å². The van der Waals surface area contributed by atoms with Crippen LogP contribution in [0.2, 0.25) is 0 Å². The van der Waals surface area contributed by atoms with Gasteiger partial charge in [0.05, 0.1) is 18.2 Å². The lowest BCUT2D eigenvalue weighted by Gasteiger charge is -2.19. The summed E-state index contributed by atoms with van der Waals surface area (Å²) in [6, 6.07) is 8.57. The number of nitrogens with one attached hydrogen (secondary N) is 1. The lowest BCUT2D eigenvalue weighted by Crippen LogP contribution is -2.31. The van der Waals surface area contributed by atoms with Crippen LogP contribution in [0.5, 0.6) is 0 Å². The van der Waals surface area contributed by atoms with Crippen LogP contribution >= 0.6 is 0 Å². The molecule has 24 heavy (non-hydrogen) atoms. The zero-order valence-corrected chi connectivity index (χ0v) is 14.1. The molecule has 1 aromatic carbocycles. The van der Waals surface area contributed by atoms with E-state index < -0.39 is 12.0 Å². The molecule has 128 valence electrons. The Balaban J connectivity index is 2.06. The molecule has 1 aromatic heterocycles. The molecule has 0 aliphatic carbocycles. The molecule has 0 aliphatic heterocycles. The fourth-order valence-corrected chi connectivity index (χ4v) is 2.94. The van der Waals surface area contributed by atoms with E-state index in [0.717, 1.165) is 16.8 Å². The van der Waals surface area contributed by atoms with Gasteiger partial charge in [-0.05, 0) is 25.3 Å². The fourth-order valence-electron chi connectivity index (χ4n) is 2.94. The standard InChI is InChI=1S/C18H22N2O4/c1-11(18-12(2)20-24-13(18)3)9-16(21)19-15(10-17(22)23)14-7-5-4-6-8-14/h4-8,11,15H,9-10H2,1-3H3,(H,19,21)(H,22,23). The first-order chi connectivity index (χ1) is 11.4. The number of aromatic nitrogens is 1. The minimum absolute atomic E-state index is 0.0579. The molecule has 0 aliphatic rings. The minimum atomic E-state index is -0.956. The summed E-state index contributed by atoms with van der Waals surface area (Å²) in [4.78, 5) is 23.5. The van der Waals surface area contributed by atoms with Crippen molar-refractivity contribution in [2.45, 2.75) is 45.6 Å². The van der Waals surface area contributed by atoms with E-state index in [0.29, 0.717) is 5.76 Å². The number of hydrogen-bond acceptors (Lipinski definition) is 4. The van der Waals surface area contributed by atoms with Crippen molar-refractivity contribution in [3.63, 3.8) is 0 Å². The van der Waals surface area contributed by atoms with Gasteiger partial charge in [0.2, 0.25) is 5.91 Å². The molecular formula is C18H22N2O4. The van der Waals surface area contributed by atoms with E-state index in [9.17, 15) is 9.59 Å². The predicted octanol–water partition coefficient (Wildman–Crippen LogP) is 3.12. The first-order valence-corrected chi connectivity index (χ1v) is 7.87. The summed E-state index contributed by atoms with van der Waals surface area (Å²) in [5.74, 6) is -0.504. The van der Waals surface area contributed by atoms with Gasteiger partial charge in [0, 0.05) is 12.0 Å². The molecule has 0 spiro atoms. The van der Waals surface area contributed by atoms with Gasteiger partial charge in [-0.2, -0.15) is 0 Å². The van der Waals surface area contributed by atoms with Crippen LogP contribution in [0.3, 0.4) is 0 Å². The Labute approximate surface area is 140 Å². The van der Waals surface area contributed by atoms with Crippen molar-refractivity contribution in [2.75, 3.05) is 0 Å². The molecule has 2 N–H and O–H groups in total. The van der Waals surface area contributed by atoms with E-state index in [4.69, 9.17) is 9.63 Å². The summed E-state index contributed by atoms with van der Waals surface area (Å²) < 4.78 is 5.14. The Morgan fingerprint density at radius 1 is 1.21 bits per heavy atom. The van der Waals surface area contributed by atoms with Crippen molar-refractivity contribution >= 4 is 11.9 Å². The van der Waals surface area contributed by atoms with Gasteiger partial charge in [0.1, 0.15) is 5.76 Å². The lowest BCUT2D eigenvalue weighted by atomic mass is 9.95. The summed E-state index contributed by atoms with van der Waals surface area (Å²) in [7, 11) is 0. The highest BCUT2D eigenvalue weighted by Crippen LogP contribution is 2.26. The van der Waals surface area contributed by atoms with Crippen LogP contribution in [0.25, 0.3) is 0 Å². The smallest absolute Gasteiger partial charge is 0.305 e. The molecule has 1 heterocycles. The average Bonchev–Trinajstić information content (AvgIpc) is 2.86. The van der Waals surface area contributed by atoms with E-state index in [1.807, 2.05) is 51.1 Å². The first kappa shape index (κ1) is 17.7. The maximum absolute atomic E-state index is 12.4. The molecule has 0 fully saturated rings. The highest BCUT2D eigenvalue weighted by atomic mass is 16.5. The topological polar surface area (TPSA) is 92.4 Å². The molecule has 0 saturated carbocycles. The number of aliphatic carboxylic acids is 1. The number of amides is 1. The van der Waals surface area contributed by atoms with Crippen molar-refractivity contribution in [3.8, 4) is 0 Å². The van der Waals surface area contributed by atoms with E-state index in [1.165, 1.54) is 0 Å². The Hall–Kier alpha value is -2.63. The van der Waals surface area contributed by atoms with Crippen LogP contribution in [-0.2, 0) is 9.59 Å². The Morgan fingerprint density at radius 3 is 2.42 bits per heavy atom. The molecule has 2 aromatic rings. The average molecular weight is 330 g/mol. The van der Waals surface area contributed by atoms with Crippen molar-refractivity contribution in [3.05, 3.63) is 52.9 Å². The maximum Gasteiger partial charge on any atom is 0.305 e. The molecule has 0 saturated heterocycles. The molecule has 0 radical (unpaired) electrons. The normalized spacial score (nSPS) is 13.3. The monoisotopic (exact) mass is 330 g/mol. The maximum atomic E-state index is 12.4. The summed E-state index contributed by atoms with van der Waals surface area (Å²) in [6.07, 6.45) is 0.0846. The second-order valence-electron chi connectivity index (χ2n) is 5.97. The van der Waals surface area contributed by atoms with Gasteiger partial charge in [0.15, 0.2) is 0 Å². The first-order valence-electron chi connectivity index (χ1n) is 7.87. The van der Waals surface area contributed by atoms with Gasteiger partial charge in [-0.3, -0.25) is 9.59 Å². The van der Waals surface area contributed by atoms with Crippen LogP contribution in [0.1, 0.15) is 54.3 Å². The van der Waals surface area contributed by atoms with Crippen LogP contribution in [-0.4, -0.2) is 22.1 Å². The van der Waals surface area contributed by atoms with Gasteiger partial charge in [-0.15, -0.1) is 0 Å². The summed E-state index contributed by atoms with van der Waals surface area (Å²) in [6.45, 7) is 5.60. The zero-order chi connectivity index (χ0) is 17.7. The van der Waals surface area contributed by atoms with Gasteiger partial charge in [-0.25, -0.2) is 0 Å². The molecule has 0 bridgehead atoms. The quantitative estimate of drug-likeness (QED) is 0.813. The number of rotatable bonds is 7. The molecule has 2 atom stereocenters. The zero-order valence-electron chi connectivity index (χ0n) is 14.1. The number of carboxylic acid groups (broad SMARTS) is 1. The third-order valence-corrected chi connectivity index (χ3v) is 3.99. The molecular weight excluding hydrogens is 308 g/mol. The molecule has 1 amide bonds. The van der Waals surface area contributed by atoms with Gasteiger partial charge in [0.25, 0.3) is 0 Å². The number of carbonyl (C=O) groups is 2. The summed E-state index contributed by atoms with van der Waals surface area (Å²) in [5, 5.41) is 15.8. The third kappa shape index (κ3) is 4.44. The summed E-state index contributed by atoms with van der Waals surface area (Å²) >= 11 is 0. The largest absolute Gasteiger partial charge is 0.481 e. The number of benzene rings is 1. The van der Waals surface area contributed by atoms with E-state index in [2.05, 4.69) is 10.5 Å². The van der Waals surface area contributed by atoms with Gasteiger partial charge >= 0.3 is 5.97 Å². The Morgan fingerprint density at radius 2 is 1.88 bits per heavy atom. The minimum Gasteiger partial charge on any atom is -0.481 e. The van der Waals surface area contributed by atoms with Crippen LogP contribution in [0.4, 0.5) is 0 Å². The molecule has 2 unspecified atom stereocenters. The number of carboxylic acids is 1. The Bertz CT molecular complexity index is 690. The highest BCUT2D eigenvalue weighted by molar-refractivity contribution is 5.78. The molecule has 6 nitrogen and oxygen atoms in total.